The van der Waals surface area contributed by atoms with E-state index in [0.717, 1.165) is 13.0 Å². The molecule has 1 saturated heterocycles. The Kier molecular flexibility index (Phi) is 4.99. The summed E-state index contributed by atoms with van der Waals surface area (Å²) in [5.41, 5.74) is 0.0391. The molecular formula is C11H23NO3. The van der Waals surface area contributed by atoms with Crippen molar-refractivity contribution in [1.82, 2.24) is 5.32 Å². The van der Waals surface area contributed by atoms with Gasteiger partial charge in [-0.05, 0) is 27.2 Å². The second kappa shape index (κ2) is 5.80. The smallest absolute Gasteiger partial charge is 0.0898 e. The molecule has 1 rings (SSSR count). The van der Waals surface area contributed by atoms with Crippen molar-refractivity contribution in [1.29, 1.82) is 0 Å². The number of β-amino-alcohol motifs (C(OH)–C–C–N with tert-alkyl or cyclic N) is 1. The standard InChI is InChI=1S/C11H23NO3/c1-11(2,3)12-6-9(13)7-15-10-4-5-14-8-10/h9-10,12-13H,4-8H2,1-3H3. The summed E-state index contributed by atoms with van der Waals surface area (Å²) in [5, 5.41) is 12.9. The van der Waals surface area contributed by atoms with E-state index >= 15 is 0 Å². The summed E-state index contributed by atoms with van der Waals surface area (Å²) < 4.78 is 10.7. The predicted molar refractivity (Wildman–Crippen MR) is 58.9 cm³/mol. The minimum Gasteiger partial charge on any atom is -0.389 e. The number of rotatable bonds is 5. The van der Waals surface area contributed by atoms with Crippen LogP contribution < -0.4 is 5.32 Å². The zero-order valence-corrected chi connectivity index (χ0v) is 9.95. The summed E-state index contributed by atoms with van der Waals surface area (Å²) >= 11 is 0. The molecule has 0 aromatic carbocycles. The number of nitrogens with one attached hydrogen (secondary N) is 1. The van der Waals surface area contributed by atoms with E-state index in [2.05, 4.69) is 26.1 Å². The van der Waals surface area contributed by atoms with E-state index in [1.54, 1.807) is 0 Å². The zero-order chi connectivity index (χ0) is 11.3. The van der Waals surface area contributed by atoms with Crippen LogP contribution in [0.2, 0.25) is 0 Å². The Morgan fingerprint density at radius 3 is 2.80 bits per heavy atom. The zero-order valence-electron chi connectivity index (χ0n) is 9.95. The molecule has 0 saturated carbocycles. The van der Waals surface area contributed by atoms with Crippen molar-refractivity contribution in [3.63, 3.8) is 0 Å². The van der Waals surface area contributed by atoms with Crippen molar-refractivity contribution >= 4 is 0 Å². The summed E-state index contributed by atoms with van der Waals surface area (Å²) in [5.74, 6) is 0. The van der Waals surface area contributed by atoms with Gasteiger partial charge in [-0.3, -0.25) is 0 Å². The Morgan fingerprint density at radius 2 is 2.27 bits per heavy atom. The van der Waals surface area contributed by atoms with Gasteiger partial charge in [-0.2, -0.15) is 0 Å². The first-order valence-electron chi connectivity index (χ1n) is 5.60. The summed E-state index contributed by atoms with van der Waals surface area (Å²) in [4.78, 5) is 0. The van der Waals surface area contributed by atoms with E-state index in [-0.39, 0.29) is 11.6 Å². The fraction of sp³-hybridized carbons (Fsp3) is 1.00. The van der Waals surface area contributed by atoms with Crippen molar-refractivity contribution in [2.75, 3.05) is 26.4 Å². The molecule has 0 aromatic rings. The van der Waals surface area contributed by atoms with Gasteiger partial charge in [-0.1, -0.05) is 0 Å². The van der Waals surface area contributed by atoms with E-state index in [1.807, 2.05) is 0 Å². The third-order valence-electron chi connectivity index (χ3n) is 2.28. The number of ether oxygens (including phenoxy) is 2. The average molecular weight is 217 g/mol. The van der Waals surface area contributed by atoms with Crippen molar-refractivity contribution in [2.45, 2.75) is 44.9 Å². The van der Waals surface area contributed by atoms with E-state index < -0.39 is 6.10 Å². The van der Waals surface area contributed by atoms with Gasteiger partial charge < -0.3 is 19.9 Å². The first-order chi connectivity index (χ1) is 6.97. The fourth-order valence-corrected chi connectivity index (χ4v) is 1.37. The Bertz CT molecular complexity index is 173. The average Bonchev–Trinajstić information content (AvgIpc) is 2.62. The van der Waals surface area contributed by atoms with Crippen LogP contribution in [0.1, 0.15) is 27.2 Å². The lowest BCUT2D eigenvalue weighted by atomic mass is 10.1. The molecule has 0 spiro atoms. The lowest BCUT2D eigenvalue weighted by Gasteiger charge is -2.23. The molecule has 1 aliphatic heterocycles. The maximum absolute atomic E-state index is 9.64. The van der Waals surface area contributed by atoms with E-state index in [1.165, 1.54) is 0 Å². The molecule has 2 atom stereocenters. The highest BCUT2D eigenvalue weighted by molar-refractivity contribution is 4.73. The van der Waals surface area contributed by atoms with Gasteiger partial charge in [-0.25, -0.2) is 0 Å². The maximum Gasteiger partial charge on any atom is 0.0898 e. The molecule has 90 valence electrons. The molecule has 1 heterocycles. The van der Waals surface area contributed by atoms with Gasteiger partial charge in [0.2, 0.25) is 0 Å². The van der Waals surface area contributed by atoms with Gasteiger partial charge >= 0.3 is 0 Å². The number of aliphatic hydroxyl groups is 1. The van der Waals surface area contributed by atoms with Crippen LogP contribution in [0.3, 0.4) is 0 Å². The first kappa shape index (κ1) is 12.9. The van der Waals surface area contributed by atoms with E-state index in [9.17, 15) is 5.11 Å². The Hall–Kier alpha value is -0.160. The molecule has 4 nitrogen and oxygen atoms in total. The monoisotopic (exact) mass is 217 g/mol. The molecular weight excluding hydrogens is 194 g/mol. The highest BCUT2D eigenvalue weighted by Gasteiger charge is 2.18. The first-order valence-corrected chi connectivity index (χ1v) is 5.60. The SMILES string of the molecule is CC(C)(C)NCC(O)COC1CCOC1. The van der Waals surface area contributed by atoms with Crippen LogP contribution >= 0.6 is 0 Å². The summed E-state index contributed by atoms with van der Waals surface area (Å²) in [6.07, 6.45) is 0.679. The molecule has 2 N–H and O–H groups in total. The molecule has 15 heavy (non-hydrogen) atoms. The van der Waals surface area contributed by atoms with Gasteiger partial charge in [0.1, 0.15) is 0 Å². The Morgan fingerprint density at radius 1 is 1.53 bits per heavy atom. The molecule has 1 aliphatic rings. The summed E-state index contributed by atoms with van der Waals surface area (Å²) in [6, 6.07) is 0. The normalized spacial score (nSPS) is 24.4. The minimum atomic E-state index is -0.440. The lowest BCUT2D eigenvalue weighted by Crippen LogP contribution is -2.42. The molecule has 0 radical (unpaired) electrons. The van der Waals surface area contributed by atoms with Gasteiger partial charge in [0.15, 0.2) is 0 Å². The van der Waals surface area contributed by atoms with Crippen LogP contribution in [0.4, 0.5) is 0 Å². The van der Waals surface area contributed by atoms with E-state index in [0.29, 0.717) is 19.8 Å². The molecule has 0 amide bonds. The van der Waals surface area contributed by atoms with Crippen molar-refractivity contribution in [3.05, 3.63) is 0 Å². The molecule has 4 heteroatoms. The topological polar surface area (TPSA) is 50.7 Å². The van der Waals surface area contributed by atoms with Crippen LogP contribution in [0.25, 0.3) is 0 Å². The van der Waals surface area contributed by atoms with Gasteiger partial charge in [0, 0.05) is 18.7 Å². The van der Waals surface area contributed by atoms with Crippen molar-refractivity contribution < 1.29 is 14.6 Å². The quantitative estimate of drug-likeness (QED) is 0.706. The third kappa shape index (κ3) is 6.10. The van der Waals surface area contributed by atoms with Crippen LogP contribution in [0.5, 0.6) is 0 Å². The highest BCUT2D eigenvalue weighted by atomic mass is 16.5. The number of hydrogen-bond donors (Lipinski definition) is 2. The second-order valence-corrected chi connectivity index (χ2v) is 5.10. The Balaban J connectivity index is 2.05. The molecule has 0 aliphatic carbocycles. The van der Waals surface area contributed by atoms with Crippen LogP contribution in [0.15, 0.2) is 0 Å². The van der Waals surface area contributed by atoms with E-state index in [4.69, 9.17) is 9.47 Å². The maximum atomic E-state index is 9.64. The second-order valence-electron chi connectivity index (χ2n) is 5.10. The van der Waals surface area contributed by atoms with Crippen molar-refractivity contribution in [3.8, 4) is 0 Å². The molecule has 0 aromatic heterocycles. The number of aliphatic hydroxyl groups excluding tert-OH is 1. The van der Waals surface area contributed by atoms with Gasteiger partial charge in [-0.15, -0.1) is 0 Å². The molecule has 1 fully saturated rings. The number of hydrogen-bond acceptors (Lipinski definition) is 4. The molecule has 2 unspecified atom stereocenters. The minimum absolute atomic E-state index is 0.0391. The van der Waals surface area contributed by atoms with Crippen LogP contribution in [-0.2, 0) is 9.47 Å². The summed E-state index contributed by atoms with van der Waals surface area (Å²) in [6.45, 7) is 8.62. The third-order valence-corrected chi connectivity index (χ3v) is 2.28. The largest absolute Gasteiger partial charge is 0.389 e. The van der Waals surface area contributed by atoms with Crippen molar-refractivity contribution in [2.24, 2.45) is 0 Å². The fourth-order valence-electron chi connectivity index (χ4n) is 1.37. The van der Waals surface area contributed by atoms with Crippen LogP contribution in [-0.4, -0.2) is 49.2 Å². The molecule has 0 bridgehead atoms. The lowest BCUT2D eigenvalue weighted by molar-refractivity contribution is -0.0131. The Labute approximate surface area is 92.0 Å². The van der Waals surface area contributed by atoms with Gasteiger partial charge in [0.25, 0.3) is 0 Å². The van der Waals surface area contributed by atoms with Crippen LogP contribution in [0, 0.1) is 0 Å². The van der Waals surface area contributed by atoms with Gasteiger partial charge in [0.05, 0.1) is 25.4 Å². The summed E-state index contributed by atoms with van der Waals surface area (Å²) in [7, 11) is 0. The predicted octanol–water partition coefficient (Wildman–Crippen LogP) is 0.541. The highest BCUT2D eigenvalue weighted by Crippen LogP contribution is 2.08.